The molecule has 0 aliphatic heterocycles. The average molecular weight is 280 g/mol. The number of fused-ring (bicyclic) bond motifs is 1. The molecular formula is C10H8N4O2S2. The van der Waals surface area contributed by atoms with Gasteiger partial charge in [0.05, 0.1) is 22.6 Å². The summed E-state index contributed by atoms with van der Waals surface area (Å²) in [4.78, 5) is 4.34. The minimum Gasteiger partial charge on any atom is -0.225 e. The molecule has 0 fully saturated rings. The maximum atomic E-state index is 11.2. The Hall–Kier alpha value is -1.77. The number of benzene rings is 1. The molecule has 2 aromatic heterocycles. The Morgan fingerprint density at radius 1 is 1.28 bits per heavy atom. The Balaban J connectivity index is 2.12. The molecule has 0 saturated carbocycles. The standard InChI is InChI=1S/C10H8N4O2S2/c11-18(15,16)7-5-12-14(6-7)10-13-8-3-1-2-4-9(8)17-10/h1-6H,(H2,11,15,16). The second-order valence-corrected chi connectivity index (χ2v) is 6.20. The van der Waals surface area contributed by atoms with Crippen LogP contribution in [-0.4, -0.2) is 23.2 Å². The molecule has 0 atom stereocenters. The van der Waals surface area contributed by atoms with Gasteiger partial charge in [-0.3, -0.25) is 0 Å². The van der Waals surface area contributed by atoms with Crippen LogP contribution in [0.2, 0.25) is 0 Å². The zero-order valence-electron chi connectivity index (χ0n) is 9.02. The molecule has 0 aliphatic rings. The van der Waals surface area contributed by atoms with E-state index in [0.717, 1.165) is 10.2 Å². The van der Waals surface area contributed by atoms with Crippen LogP contribution in [0, 0.1) is 0 Å². The lowest BCUT2D eigenvalue weighted by molar-refractivity contribution is 0.598. The quantitative estimate of drug-likeness (QED) is 0.761. The summed E-state index contributed by atoms with van der Waals surface area (Å²) in [7, 11) is -3.73. The third kappa shape index (κ3) is 1.90. The molecule has 92 valence electrons. The molecule has 8 heteroatoms. The number of rotatable bonds is 2. The number of hydrogen-bond acceptors (Lipinski definition) is 5. The summed E-state index contributed by atoms with van der Waals surface area (Å²) in [5.41, 5.74) is 0.852. The number of para-hydroxylation sites is 1. The van der Waals surface area contributed by atoms with Crippen LogP contribution in [0.5, 0.6) is 0 Å². The van der Waals surface area contributed by atoms with E-state index in [1.165, 1.54) is 28.4 Å². The average Bonchev–Trinajstić information content (AvgIpc) is 2.94. The number of nitrogens with two attached hydrogens (primary N) is 1. The van der Waals surface area contributed by atoms with E-state index < -0.39 is 10.0 Å². The summed E-state index contributed by atoms with van der Waals surface area (Å²) < 4.78 is 24.7. The fraction of sp³-hybridized carbons (Fsp3) is 0. The van der Waals surface area contributed by atoms with Crippen molar-refractivity contribution in [1.29, 1.82) is 0 Å². The normalized spacial score (nSPS) is 12.1. The molecule has 1 aromatic carbocycles. The highest BCUT2D eigenvalue weighted by atomic mass is 32.2. The van der Waals surface area contributed by atoms with E-state index in [0.29, 0.717) is 5.13 Å². The lowest BCUT2D eigenvalue weighted by atomic mass is 10.3. The molecular weight excluding hydrogens is 272 g/mol. The maximum Gasteiger partial charge on any atom is 0.241 e. The van der Waals surface area contributed by atoms with Crippen molar-refractivity contribution in [1.82, 2.24) is 14.8 Å². The predicted molar refractivity (Wildman–Crippen MR) is 68.1 cm³/mol. The van der Waals surface area contributed by atoms with Gasteiger partial charge >= 0.3 is 0 Å². The number of hydrogen-bond donors (Lipinski definition) is 1. The highest BCUT2D eigenvalue weighted by Crippen LogP contribution is 2.24. The third-order valence-electron chi connectivity index (χ3n) is 2.37. The summed E-state index contributed by atoms with van der Waals surface area (Å²) in [6.07, 6.45) is 2.56. The number of aromatic nitrogens is 3. The van der Waals surface area contributed by atoms with Crippen molar-refractivity contribution in [3.8, 4) is 5.13 Å². The highest BCUT2D eigenvalue weighted by molar-refractivity contribution is 7.89. The van der Waals surface area contributed by atoms with E-state index in [2.05, 4.69) is 10.1 Å². The molecule has 18 heavy (non-hydrogen) atoms. The van der Waals surface area contributed by atoms with Gasteiger partial charge in [0.25, 0.3) is 0 Å². The molecule has 3 aromatic rings. The second kappa shape index (κ2) is 3.87. The zero-order chi connectivity index (χ0) is 12.8. The van der Waals surface area contributed by atoms with Crippen LogP contribution in [0.25, 0.3) is 15.3 Å². The fourth-order valence-electron chi connectivity index (χ4n) is 1.52. The Kier molecular flexibility index (Phi) is 2.44. The van der Waals surface area contributed by atoms with Crippen molar-refractivity contribution in [2.45, 2.75) is 4.90 Å². The lowest BCUT2D eigenvalue weighted by Crippen LogP contribution is -2.11. The molecule has 3 rings (SSSR count). The number of primary sulfonamides is 1. The van der Waals surface area contributed by atoms with Crippen LogP contribution < -0.4 is 5.14 Å². The smallest absolute Gasteiger partial charge is 0.225 e. The van der Waals surface area contributed by atoms with Crippen molar-refractivity contribution >= 4 is 31.6 Å². The van der Waals surface area contributed by atoms with Crippen LogP contribution in [0.1, 0.15) is 0 Å². The molecule has 2 heterocycles. The first-order valence-electron chi connectivity index (χ1n) is 4.97. The first-order chi connectivity index (χ1) is 8.54. The van der Waals surface area contributed by atoms with E-state index >= 15 is 0 Å². The van der Waals surface area contributed by atoms with Gasteiger partial charge in [0.1, 0.15) is 4.90 Å². The number of sulfonamides is 1. The molecule has 0 bridgehead atoms. The molecule has 0 aliphatic carbocycles. The van der Waals surface area contributed by atoms with Gasteiger partial charge in [-0.15, -0.1) is 0 Å². The van der Waals surface area contributed by atoms with Gasteiger partial charge in [-0.1, -0.05) is 23.5 Å². The van der Waals surface area contributed by atoms with Crippen LogP contribution in [0.4, 0.5) is 0 Å². The second-order valence-electron chi connectivity index (χ2n) is 3.63. The van der Waals surface area contributed by atoms with Gasteiger partial charge < -0.3 is 0 Å². The van der Waals surface area contributed by atoms with Crippen LogP contribution in [0.3, 0.4) is 0 Å². The summed E-state index contributed by atoms with van der Waals surface area (Å²) in [5.74, 6) is 0. The topological polar surface area (TPSA) is 90.9 Å². The van der Waals surface area contributed by atoms with Gasteiger partial charge in [-0.25, -0.2) is 23.2 Å². The maximum absolute atomic E-state index is 11.2. The Bertz CT molecular complexity index is 786. The van der Waals surface area contributed by atoms with Gasteiger partial charge in [0, 0.05) is 0 Å². The van der Waals surface area contributed by atoms with Crippen molar-refractivity contribution in [3.63, 3.8) is 0 Å². The summed E-state index contributed by atoms with van der Waals surface area (Å²) >= 11 is 1.43. The summed E-state index contributed by atoms with van der Waals surface area (Å²) in [6, 6.07) is 7.65. The van der Waals surface area contributed by atoms with Crippen LogP contribution in [0.15, 0.2) is 41.6 Å². The molecule has 0 radical (unpaired) electrons. The fourth-order valence-corrected chi connectivity index (χ4v) is 2.86. The van der Waals surface area contributed by atoms with Crippen molar-refractivity contribution < 1.29 is 8.42 Å². The molecule has 0 unspecified atom stereocenters. The Morgan fingerprint density at radius 2 is 2.06 bits per heavy atom. The first kappa shape index (κ1) is 11.3. The molecule has 2 N–H and O–H groups in total. The first-order valence-corrected chi connectivity index (χ1v) is 7.34. The number of thiazole rings is 1. The summed E-state index contributed by atoms with van der Waals surface area (Å²) in [6.45, 7) is 0. The minimum absolute atomic E-state index is 0.0262. The van der Waals surface area contributed by atoms with Crippen LogP contribution in [-0.2, 0) is 10.0 Å². The van der Waals surface area contributed by atoms with Crippen molar-refractivity contribution in [2.24, 2.45) is 5.14 Å². The summed E-state index contributed by atoms with van der Waals surface area (Å²) in [5, 5.41) is 9.58. The molecule has 6 nitrogen and oxygen atoms in total. The molecule has 0 amide bonds. The third-order valence-corrected chi connectivity index (χ3v) is 4.26. The van der Waals surface area contributed by atoms with Gasteiger partial charge in [-0.2, -0.15) is 5.10 Å². The van der Waals surface area contributed by atoms with E-state index in [1.54, 1.807) is 0 Å². The Morgan fingerprint density at radius 3 is 2.72 bits per heavy atom. The van der Waals surface area contributed by atoms with Gasteiger partial charge in [0.2, 0.25) is 15.2 Å². The largest absolute Gasteiger partial charge is 0.241 e. The number of nitrogens with zero attached hydrogens (tertiary/aromatic N) is 3. The minimum atomic E-state index is -3.73. The van der Waals surface area contributed by atoms with Crippen molar-refractivity contribution in [3.05, 3.63) is 36.7 Å². The monoisotopic (exact) mass is 280 g/mol. The Labute approximate surface area is 107 Å². The van der Waals surface area contributed by atoms with E-state index in [1.807, 2.05) is 24.3 Å². The van der Waals surface area contributed by atoms with E-state index in [9.17, 15) is 8.42 Å². The van der Waals surface area contributed by atoms with E-state index in [4.69, 9.17) is 5.14 Å². The van der Waals surface area contributed by atoms with Gasteiger partial charge in [-0.05, 0) is 12.1 Å². The molecule has 0 spiro atoms. The zero-order valence-corrected chi connectivity index (χ0v) is 10.6. The van der Waals surface area contributed by atoms with Crippen LogP contribution >= 0.6 is 11.3 Å². The molecule has 0 saturated heterocycles. The predicted octanol–water partition coefficient (Wildman–Crippen LogP) is 1.13. The lowest BCUT2D eigenvalue weighted by Gasteiger charge is -1.92. The van der Waals surface area contributed by atoms with E-state index in [-0.39, 0.29) is 4.90 Å². The van der Waals surface area contributed by atoms with Crippen molar-refractivity contribution in [2.75, 3.05) is 0 Å². The SMILES string of the molecule is NS(=O)(=O)c1cnn(-c2nc3ccccc3s2)c1. The van der Waals surface area contributed by atoms with Gasteiger partial charge in [0.15, 0.2) is 0 Å². The highest BCUT2D eigenvalue weighted by Gasteiger charge is 2.13.